The summed E-state index contributed by atoms with van der Waals surface area (Å²) in [5.41, 5.74) is 0.719. The van der Waals surface area contributed by atoms with Gasteiger partial charge in [0, 0.05) is 0 Å². The molecule has 8 nitrogen and oxygen atoms in total. The molecule has 6 rings (SSSR count). The Morgan fingerprint density at radius 2 is 1.55 bits per heavy atom. The van der Waals surface area contributed by atoms with Crippen molar-refractivity contribution in [3.8, 4) is 0 Å². The van der Waals surface area contributed by atoms with Crippen molar-refractivity contribution in [2.24, 2.45) is 50.2 Å². The highest BCUT2D eigenvalue weighted by molar-refractivity contribution is 5.79. The van der Waals surface area contributed by atoms with Gasteiger partial charge in [-0.1, -0.05) is 60.1 Å². The number of aliphatic hydroxyl groups is 5. The highest BCUT2D eigenvalue weighted by Crippen LogP contribution is 2.75. The first-order valence-corrected chi connectivity index (χ1v) is 17.3. The first-order valence-electron chi connectivity index (χ1n) is 17.3. The lowest BCUT2D eigenvalue weighted by molar-refractivity contribution is -0.297. The van der Waals surface area contributed by atoms with Crippen LogP contribution in [0.4, 0.5) is 0 Å². The van der Waals surface area contributed by atoms with Gasteiger partial charge in [-0.2, -0.15) is 0 Å². The molecular weight excluding hydrogens is 560 g/mol. The summed E-state index contributed by atoms with van der Waals surface area (Å²) in [6.45, 7) is 16.1. The topological polar surface area (TPSA) is 137 Å². The third-order valence-electron chi connectivity index (χ3n) is 15.1. The zero-order valence-electron chi connectivity index (χ0n) is 28.0. The molecule has 0 aromatic rings. The van der Waals surface area contributed by atoms with E-state index >= 15 is 0 Å². The number of hydrogen-bond donors (Lipinski definition) is 5. The fourth-order valence-electron chi connectivity index (χ4n) is 12.0. The van der Waals surface area contributed by atoms with Gasteiger partial charge in [0.2, 0.25) is 6.29 Å². The average molecular weight is 619 g/mol. The van der Waals surface area contributed by atoms with Crippen LogP contribution in [0.25, 0.3) is 0 Å². The second kappa shape index (κ2) is 10.5. The average Bonchev–Trinajstić information content (AvgIpc) is 2.95. The first kappa shape index (κ1) is 32.9. The summed E-state index contributed by atoms with van der Waals surface area (Å²) < 4.78 is 11.6. The summed E-state index contributed by atoms with van der Waals surface area (Å²) in [5.74, 6) is 0.561. The van der Waals surface area contributed by atoms with E-state index in [1.54, 1.807) is 0 Å². The predicted octanol–water partition coefficient (Wildman–Crippen LogP) is 4.49. The van der Waals surface area contributed by atoms with Crippen molar-refractivity contribution in [3.63, 3.8) is 0 Å². The predicted molar refractivity (Wildman–Crippen MR) is 165 cm³/mol. The second-order valence-corrected chi connectivity index (χ2v) is 17.8. The number of ether oxygens (including phenoxy) is 2. The van der Waals surface area contributed by atoms with Crippen LogP contribution in [0, 0.1) is 50.2 Å². The number of carbonyl (C=O) groups is 1. The minimum Gasteiger partial charge on any atom is -0.432 e. The fourth-order valence-corrected chi connectivity index (χ4v) is 12.0. The first-order chi connectivity index (χ1) is 20.4. The van der Waals surface area contributed by atoms with Gasteiger partial charge < -0.3 is 35.0 Å². The van der Waals surface area contributed by atoms with E-state index in [0.717, 1.165) is 51.4 Å². The summed E-state index contributed by atoms with van der Waals surface area (Å²) in [4.78, 5) is 14.4. The Balaban J connectivity index is 1.35. The summed E-state index contributed by atoms with van der Waals surface area (Å²) in [6, 6.07) is 0. The summed E-state index contributed by atoms with van der Waals surface area (Å²) in [7, 11) is 0. The second-order valence-electron chi connectivity index (χ2n) is 17.8. The van der Waals surface area contributed by atoms with E-state index in [9.17, 15) is 30.3 Å². The normalized spacial score (nSPS) is 52.8. The largest absolute Gasteiger partial charge is 0.432 e. The van der Waals surface area contributed by atoms with Gasteiger partial charge in [0.15, 0.2) is 0 Å². The lowest BCUT2D eigenvalue weighted by Crippen LogP contribution is -2.65. The Morgan fingerprint density at radius 3 is 2.23 bits per heavy atom. The van der Waals surface area contributed by atoms with Crippen LogP contribution in [-0.4, -0.2) is 74.9 Å². The Labute approximate surface area is 263 Å². The van der Waals surface area contributed by atoms with Gasteiger partial charge in [0.25, 0.3) is 0 Å². The standard InChI is InChI=1S/C36H58O8/c1-31(2)14-16-36(30(42)44-29-28(41)27(40)26(39)22(19-37)43-29)17-15-34(6)20(21(36)18-31)8-9-24-33(5)12-11-25(38)32(3,4)23(33)10-13-35(24,34)7/h8,21-29,37-41H,9-19H2,1-7H3/t21-,22+,23-,24+,25-,26+,27-,28+,29-,33-,34+,35+,36-/m1/s1. The maximum Gasteiger partial charge on any atom is 0.315 e. The summed E-state index contributed by atoms with van der Waals surface area (Å²) >= 11 is 0. The van der Waals surface area contributed by atoms with Crippen LogP contribution in [0.2, 0.25) is 0 Å². The van der Waals surface area contributed by atoms with Gasteiger partial charge in [0.05, 0.1) is 18.1 Å². The van der Waals surface area contributed by atoms with Crippen LogP contribution in [0.5, 0.6) is 0 Å². The molecule has 0 amide bonds. The lowest BCUT2D eigenvalue weighted by Gasteiger charge is -2.71. The van der Waals surface area contributed by atoms with Crippen molar-refractivity contribution in [2.75, 3.05) is 6.61 Å². The molecule has 250 valence electrons. The van der Waals surface area contributed by atoms with Crippen LogP contribution in [0.15, 0.2) is 11.6 Å². The van der Waals surface area contributed by atoms with E-state index in [1.165, 1.54) is 5.57 Å². The molecule has 4 saturated carbocycles. The third-order valence-corrected chi connectivity index (χ3v) is 15.1. The van der Waals surface area contributed by atoms with Gasteiger partial charge in [0.1, 0.15) is 24.4 Å². The minimum atomic E-state index is -1.61. The van der Waals surface area contributed by atoms with E-state index < -0.39 is 48.7 Å². The zero-order valence-corrected chi connectivity index (χ0v) is 28.0. The molecule has 0 bridgehead atoms. The molecule has 5 fully saturated rings. The smallest absolute Gasteiger partial charge is 0.315 e. The molecule has 0 spiro atoms. The Kier molecular flexibility index (Phi) is 7.84. The maximum absolute atomic E-state index is 14.4. The van der Waals surface area contributed by atoms with Gasteiger partial charge in [-0.3, -0.25) is 4.79 Å². The minimum absolute atomic E-state index is 0.00434. The number of rotatable bonds is 3. The van der Waals surface area contributed by atoms with Gasteiger partial charge in [-0.05, 0) is 109 Å². The van der Waals surface area contributed by atoms with Crippen molar-refractivity contribution in [2.45, 2.75) is 149 Å². The number of hydrogen-bond acceptors (Lipinski definition) is 8. The third kappa shape index (κ3) is 4.40. The molecule has 13 atom stereocenters. The van der Waals surface area contributed by atoms with Crippen molar-refractivity contribution in [3.05, 3.63) is 11.6 Å². The highest BCUT2D eigenvalue weighted by Gasteiger charge is 2.69. The molecule has 0 aromatic carbocycles. The quantitative estimate of drug-likeness (QED) is 0.231. The Bertz CT molecular complexity index is 1180. The van der Waals surface area contributed by atoms with Crippen molar-refractivity contribution in [1.82, 2.24) is 0 Å². The molecule has 0 unspecified atom stereocenters. The number of allylic oxidation sites excluding steroid dienone is 2. The lowest BCUT2D eigenvalue weighted by atomic mass is 9.33. The molecule has 0 radical (unpaired) electrons. The van der Waals surface area contributed by atoms with E-state index in [4.69, 9.17) is 9.47 Å². The molecule has 1 heterocycles. The van der Waals surface area contributed by atoms with Gasteiger partial charge in [-0.25, -0.2) is 0 Å². The van der Waals surface area contributed by atoms with E-state index in [2.05, 4.69) is 54.5 Å². The zero-order chi connectivity index (χ0) is 32.3. The Hall–Kier alpha value is -1.03. The van der Waals surface area contributed by atoms with Gasteiger partial charge in [-0.15, -0.1) is 0 Å². The molecule has 5 aliphatic carbocycles. The number of esters is 1. The fraction of sp³-hybridized carbons (Fsp3) is 0.917. The van der Waals surface area contributed by atoms with Crippen LogP contribution >= 0.6 is 0 Å². The van der Waals surface area contributed by atoms with E-state index in [0.29, 0.717) is 24.7 Å². The molecule has 8 heteroatoms. The molecule has 6 aliphatic rings. The van der Waals surface area contributed by atoms with Crippen LogP contribution in [0.3, 0.4) is 0 Å². The van der Waals surface area contributed by atoms with E-state index in [1.807, 2.05) is 0 Å². The van der Waals surface area contributed by atoms with E-state index in [-0.39, 0.29) is 39.1 Å². The van der Waals surface area contributed by atoms with Crippen molar-refractivity contribution in [1.29, 1.82) is 0 Å². The SMILES string of the molecule is CC1(C)CC[C@@]2(C(=O)O[C@H]3O[C@@H](CO)[C@H](O)[C@@H](O)[C@@H]3O)CC[C@@]3(C)C(=CC[C@H]4[C@]5(C)CC[C@@H](O)C(C)(C)[C@H]5CC[C@@]43C)[C@H]2C1. The molecule has 0 aromatic heterocycles. The maximum atomic E-state index is 14.4. The monoisotopic (exact) mass is 618 g/mol. The molecule has 44 heavy (non-hydrogen) atoms. The molecule has 1 saturated heterocycles. The summed E-state index contributed by atoms with van der Waals surface area (Å²) in [6.07, 6.45) is 4.05. The van der Waals surface area contributed by atoms with Crippen molar-refractivity contribution < 1.29 is 39.8 Å². The van der Waals surface area contributed by atoms with Crippen LogP contribution in [-0.2, 0) is 14.3 Å². The van der Waals surface area contributed by atoms with Gasteiger partial charge >= 0.3 is 5.97 Å². The Morgan fingerprint density at radius 1 is 0.864 bits per heavy atom. The summed E-state index contributed by atoms with van der Waals surface area (Å²) in [5, 5.41) is 52.0. The highest BCUT2D eigenvalue weighted by atomic mass is 16.7. The van der Waals surface area contributed by atoms with Crippen LogP contribution in [0.1, 0.15) is 113 Å². The van der Waals surface area contributed by atoms with Crippen LogP contribution < -0.4 is 0 Å². The number of carbonyl (C=O) groups excluding carboxylic acids is 1. The molecular formula is C36H58O8. The molecule has 5 N–H and O–H groups in total. The molecule has 1 aliphatic heterocycles. The van der Waals surface area contributed by atoms with Crippen molar-refractivity contribution >= 4 is 5.97 Å². The number of aliphatic hydroxyl groups excluding tert-OH is 5. The number of fused-ring (bicyclic) bond motifs is 7.